The van der Waals surface area contributed by atoms with Crippen molar-refractivity contribution in [3.63, 3.8) is 0 Å². The third-order valence-electron chi connectivity index (χ3n) is 1.50. The van der Waals surface area contributed by atoms with Crippen molar-refractivity contribution >= 4 is 45.5 Å². The summed E-state index contributed by atoms with van der Waals surface area (Å²) in [5.74, 6) is -0.600. The average molecular weight is 270 g/mol. The molecule has 0 aliphatic carbocycles. The molecule has 1 rings (SSSR count). The number of hydrogen-bond acceptors (Lipinski definition) is 2. The highest BCUT2D eigenvalue weighted by Crippen LogP contribution is 2.22. The number of aryl methyl sites for hydroxylation is 1. The summed E-state index contributed by atoms with van der Waals surface area (Å²) in [6.45, 7) is 1.92. The molecule has 0 radical (unpaired) electrons. The minimum Gasteiger partial charge on any atom is -0.477 e. The third kappa shape index (κ3) is 3.88. The summed E-state index contributed by atoms with van der Waals surface area (Å²) in [4.78, 5) is 11.3. The van der Waals surface area contributed by atoms with Crippen LogP contribution in [0.3, 0.4) is 0 Å². The molecule has 0 unspecified atom stereocenters. The Morgan fingerprint density at radius 2 is 1.71 bits per heavy atom. The first kappa shape index (κ1) is 11.8. The van der Waals surface area contributed by atoms with Gasteiger partial charge in [0.25, 0.3) is 0 Å². The first-order chi connectivity index (χ1) is 6.38. The van der Waals surface area contributed by atoms with E-state index in [1.807, 2.05) is 6.92 Å². The molecule has 0 amide bonds. The lowest BCUT2D eigenvalue weighted by Gasteiger charge is -2.09. The second kappa shape index (κ2) is 4.53. The van der Waals surface area contributed by atoms with Crippen LogP contribution in [0.4, 0.5) is 0 Å². The molecule has 6 heteroatoms. The van der Waals surface area contributed by atoms with E-state index in [4.69, 9.17) is 33.2 Å². The SMILES string of the molecule is Cc1ccc(C(=O)O[Si](Cl)(Cl)Cl)cc1. The van der Waals surface area contributed by atoms with Crippen LogP contribution in [0.15, 0.2) is 24.3 Å². The zero-order chi connectivity index (χ0) is 10.8. The lowest BCUT2D eigenvalue weighted by Crippen LogP contribution is -2.21. The Morgan fingerprint density at radius 1 is 1.21 bits per heavy atom. The van der Waals surface area contributed by atoms with Gasteiger partial charge in [-0.25, -0.2) is 4.79 Å². The molecular formula is C8H7Cl3O2Si. The second-order valence-electron chi connectivity index (χ2n) is 2.70. The standard InChI is InChI=1S/C8H7Cl3O2Si/c1-6-2-4-7(5-3-6)8(12)13-14(9,10)11/h2-5H,1H3. The summed E-state index contributed by atoms with van der Waals surface area (Å²) in [5, 5.41) is 0. The maximum absolute atomic E-state index is 11.3. The summed E-state index contributed by atoms with van der Waals surface area (Å²) >= 11 is 16.3. The normalized spacial score (nSPS) is 11.1. The van der Waals surface area contributed by atoms with Crippen LogP contribution < -0.4 is 0 Å². The van der Waals surface area contributed by atoms with E-state index in [2.05, 4.69) is 4.43 Å². The van der Waals surface area contributed by atoms with Crippen molar-refractivity contribution in [2.75, 3.05) is 0 Å². The van der Waals surface area contributed by atoms with Gasteiger partial charge in [-0.3, -0.25) is 0 Å². The van der Waals surface area contributed by atoms with E-state index in [0.29, 0.717) is 5.56 Å². The minimum absolute atomic E-state index is 0.384. The van der Waals surface area contributed by atoms with Crippen molar-refractivity contribution in [2.24, 2.45) is 0 Å². The van der Waals surface area contributed by atoms with E-state index in [1.165, 1.54) is 0 Å². The molecule has 0 fully saturated rings. The Bertz CT molecular complexity index is 331. The Kier molecular flexibility index (Phi) is 3.83. The zero-order valence-corrected chi connectivity index (χ0v) is 10.5. The molecule has 0 saturated carbocycles. The zero-order valence-electron chi connectivity index (χ0n) is 7.26. The smallest absolute Gasteiger partial charge is 0.477 e. The summed E-state index contributed by atoms with van der Waals surface area (Å²) in [5.41, 5.74) is 1.43. The minimum atomic E-state index is -3.35. The van der Waals surface area contributed by atoms with Gasteiger partial charge in [-0.2, -0.15) is 0 Å². The molecule has 0 N–H and O–H groups in total. The van der Waals surface area contributed by atoms with Crippen molar-refractivity contribution in [1.82, 2.24) is 0 Å². The molecule has 0 bridgehead atoms. The van der Waals surface area contributed by atoms with Gasteiger partial charge in [-0.1, -0.05) is 50.9 Å². The highest BCUT2D eigenvalue weighted by atomic mass is 35.8. The first-order valence-electron chi connectivity index (χ1n) is 3.75. The average Bonchev–Trinajstić information content (AvgIpc) is 2.02. The molecule has 0 heterocycles. The fourth-order valence-electron chi connectivity index (χ4n) is 0.854. The van der Waals surface area contributed by atoms with Gasteiger partial charge in [0.1, 0.15) is 0 Å². The van der Waals surface area contributed by atoms with E-state index in [1.54, 1.807) is 24.3 Å². The van der Waals surface area contributed by atoms with Gasteiger partial charge in [-0.05, 0) is 19.1 Å². The quantitative estimate of drug-likeness (QED) is 0.608. The van der Waals surface area contributed by atoms with Crippen molar-refractivity contribution < 1.29 is 9.22 Å². The Labute approximate surface area is 97.0 Å². The van der Waals surface area contributed by atoms with Gasteiger partial charge >= 0.3 is 12.2 Å². The number of carbonyl (C=O) groups excluding carboxylic acids is 1. The Balaban J connectivity index is 2.76. The predicted molar refractivity (Wildman–Crippen MR) is 59.9 cm³/mol. The molecule has 0 atom stereocenters. The molecule has 14 heavy (non-hydrogen) atoms. The van der Waals surface area contributed by atoms with E-state index >= 15 is 0 Å². The van der Waals surface area contributed by atoms with Crippen molar-refractivity contribution in [3.05, 3.63) is 35.4 Å². The topological polar surface area (TPSA) is 26.3 Å². The maximum atomic E-state index is 11.3. The Morgan fingerprint density at radius 3 is 2.14 bits per heavy atom. The fourth-order valence-corrected chi connectivity index (χ4v) is 1.81. The Hall–Kier alpha value is -0.223. The maximum Gasteiger partial charge on any atom is 0.557 e. The molecule has 2 nitrogen and oxygen atoms in total. The molecule has 0 saturated heterocycles. The molecule has 0 spiro atoms. The summed E-state index contributed by atoms with van der Waals surface area (Å²) in [7, 11) is 0. The summed E-state index contributed by atoms with van der Waals surface area (Å²) < 4.78 is 4.66. The van der Waals surface area contributed by atoms with Crippen LogP contribution in [0.1, 0.15) is 15.9 Å². The van der Waals surface area contributed by atoms with Gasteiger partial charge < -0.3 is 4.43 Å². The number of benzene rings is 1. The predicted octanol–water partition coefficient (Wildman–Crippen LogP) is 3.30. The first-order valence-corrected chi connectivity index (χ1v) is 8.69. The summed E-state index contributed by atoms with van der Waals surface area (Å²) in [6.07, 6.45) is -3.35. The molecule has 1 aromatic carbocycles. The lowest BCUT2D eigenvalue weighted by molar-refractivity contribution is 0.0740. The van der Waals surface area contributed by atoms with Gasteiger partial charge in [0.05, 0.1) is 5.56 Å². The van der Waals surface area contributed by atoms with Crippen molar-refractivity contribution in [1.29, 1.82) is 0 Å². The van der Waals surface area contributed by atoms with Gasteiger partial charge in [0, 0.05) is 0 Å². The van der Waals surface area contributed by atoms with Crippen LogP contribution in [-0.4, -0.2) is 12.2 Å². The van der Waals surface area contributed by atoms with E-state index in [0.717, 1.165) is 5.56 Å². The number of halogens is 3. The highest BCUT2D eigenvalue weighted by molar-refractivity contribution is 7.62. The van der Waals surface area contributed by atoms with Crippen LogP contribution >= 0.6 is 33.2 Å². The monoisotopic (exact) mass is 268 g/mol. The molecule has 1 aromatic rings. The van der Waals surface area contributed by atoms with Crippen LogP contribution in [0.2, 0.25) is 0 Å². The van der Waals surface area contributed by atoms with E-state index < -0.39 is 12.2 Å². The van der Waals surface area contributed by atoms with Gasteiger partial charge in [-0.15, -0.1) is 0 Å². The van der Waals surface area contributed by atoms with Crippen LogP contribution in [-0.2, 0) is 4.43 Å². The molecule has 0 aromatic heterocycles. The molecular weight excluding hydrogens is 263 g/mol. The number of rotatable bonds is 2. The summed E-state index contributed by atoms with van der Waals surface area (Å²) in [6, 6.07) is 6.83. The highest BCUT2D eigenvalue weighted by Gasteiger charge is 2.32. The molecule has 0 aliphatic heterocycles. The lowest BCUT2D eigenvalue weighted by atomic mass is 10.2. The van der Waals surface area contributed by atoms with E-state index in [9.17, 15) is 4.79 Å². The van der Waals surface area contributed by atoms with Crippen molar-refractivity contribution in [2.45, 2.75) is 6.92 Å². The number of hydrogen-bond donors (Lipinski definition) is 0. The second-order valence-corrected chi connectivity index (χ2v) is 10.3. The van der Waals surface area contributed by atoms with E-state index in [-0.39, 0.29) is 0 Å². The van der Waals surface area contributed by atoms with Crippen LogP contribution in [0.25, 0.3) is 0 Å². The van der Waals surface area contributed by atoms with Crippen molar-refractivity contribution in [3.8, 4) is 0 Å². The molecule has 76 valence electrons. The van der Waals surface area contributed by atoms with Crippen LogP contribution in [0.5, 0.6) is 0 Å². The number of carbonyl (C=O) groups is 1. The van der Waals surface area contributed by atoms with Crippen LogP contribution in [0, 0.1) is 6.92 Å². The fraction of sp³-hybridized carbons (Fsp3) is 0.125. The third-order valence-corrected chi connectivity index (χ3v) is 2.61. The largest absolute Gasteiger partial charge is 0.557 e. The van der Waals surface area contributed by atoms with Gasteiger partial charge in [0.2, 0.25) is 0 Å². The molecule has 0 aliphatic rings. The van der Waals surface area contributed by atoms with Gasteiger partial charge in [0.15, 0.2) is 0 Å².